The first-order valence-corrected chi connectivity index (χ1v) is 28.2. The third-order valence-corrected chi connectivity index (χ3v) is 12.7. The van der Waals surface area contributed by atoms with Crippen molar-refractivity contribution >= 4 is 13.7 Å². The van der Waals surface area contributed by atoms with Gasteiger partial charge in [-0.05, 0) is 70.6 Å². The van der Waals surface area contributed by atoms with Crippen LogP contribution in [0.4, 0.5) is 0 Å². The highest BCUT2D eigenvalue weighted by Gasteiger charge is 2.27. The number of rotatable bonds is 48. The maximum absolute atomic E-state index is 12.9. The van der Waals surface area contributed by atoms with Gasteiger partial charge in [0.15, 0.2) is 0 Å². The number of allylic oxidation sites excluding steroid dienone is 9. The Kier molecular flexibility index (Phi) is 45.0. The molecular formula is C55H104N2O6P+. The number of carbonyl (C=O) groups is 1. The third-order valence-electron chi connectivity index (χ3n) is 11.7. The van der Waals surface area contributed by atoms with Crippen LogP contribution in [-0.4, -0.2) is 73.4 Å². The standard InChI is InChI=1S/C55H103N2O6P/c1-6-8-10-12-14-16-18-20-22-24-26-27-28-29-31-33-35-37-39-41-43-45-47-49-55(59)56-53(52-63-64(60,61)62-51-50-57(3,4)5)54(58)48-46-44-42-40-38-36-34-32-30-25-23-21-19-17-15-13-11-9-7-2/h18,20,24,26,28-29,38,40,46,48,53-54,58H,6-17,19,21-23,25,27,30-37,39,41-45,47,49-52H2,1-5H3,(H-,56,59,60,61)/p+1/b20-18-,26-24-,29-28-,40-38+,48-46+. The molecule has 374 valence electrons. The molecule has 0 spiro atoms. The summed E-state index contributed by atoms with van der Waals surface area (Å²) in [4.78, 5) is 23.2. The second-order valence-corrected chi connectivity index (χ2v) is 20.7. The molecule has 0 radical (unpaired) electrons. The quantitative estimate of drug-likeness (QED) is 0.0243. The molecule has 0 aliphatic rings. The van der Waals surface area contributed by atoms with Crippen molar-refractivity contribution in [1.82, 2.24) is 5.32 Å². The fourth-order valence-electron chi connectivity index (χ4n) is 7.48. The molecule has 0 heterocycles. The number of nitrogens with zero attached hydrogens (tertiary/aromatic N) is 1. The van der Waals surface area contributed by atoms with Crippen molar-refractivity contribution in [2.45, 2.75) is 244 Å². The molecule has 9 heteroatoms. The number of aliphatic hydroxyl groups is 1. The first-order chi connectivity index (χ1) is 31.0. The minimum absolute atomic E-state index is 0.0525. The van der Waals surface area contributed by atoms with E-state index < -0.39 is 20.0 Å². The van der Waals surface area contributed by atoms with Crippen LogP contribution < -0.4 is 5.32 Å². The van der Waals surface area contributed by atoms with Crippen LogP contribution in [0.1, 0.15) is 232 Å². The van der Waals surface area contributed by atoms with Crippen LogP contribution in [-0.2, 0) is 18.4 Å². The monoisotopic (exact) mass is 920 g/mol. The number of phosphoric acid groups is 1. The lowest BCUT2D eigenvalue weighted by molar-refractivity contribution is -0.870. The fraction of sp³-hybridized carbons (Fsp3) is 0.800. The van der Waals surface area contributed by atoms with Gasteiger partial charge in [-0.2, -0.15) is 0 Å². The second-order valence-electron chi connectivity index (χ2n) is 19.2. The summed E-state index contributed by atoms with van der Waals surface area (Å²) in [5.74, 6) is -0.195. The van der Waals surface area contributed by atoms with Crippen molar-refractivity contribution in [3.63, 3.8) is 0 Å². The Hall–Kier alpha value is -1.80. The van der Waals surface area contributed by atoms with Crippen LogP contribution in [0.5, 0.6) is 0 Å². The Morgan fingerprint density at radius 2 is 0.906 bits per heavy atom. The van der Waals surface area contributed by atoms with E-state index in [1.807, 2.05) is 27.2 Å². The van der Waals surface area contributed by atoms with Gasteiger partial charge >= 0.3 is 7.82 Å². The molecule has 3 unspecified atom stereocenters. The minimum Gasteiger partial charge on any atom is -0.387 e. The highest BCUT2D eigenvalue weighted by molar-refractivity contribution is 7.47. The van der Waals surface area contributed by atoms with Crippen LogP contribution in [0.3, 0.4) is 0 Å². The Balaban J connectivity index is 4.35. The molecule has 0 aromatic carbocycles. The van der Waals surface area contributed by atoms with Gasteiger partial charge in [0.05, 0.1) is 39.9 Å². The summed E-state index contributed by atoms with van der Waals surface area (Å²) < 4.78 is 23.6. The van der Waals surface area contributed by atoms with E-state index >= 15 is 0 Å². The van der Waals surface area contributed by atoms with Crippen LogP contribution in [0, 0.1) is 0 Å². The SMILES string of the molecule is CCCCCCC/C=C\C/C=C\C/C=C\CCCCCCCCCCC(=O)NC(COP(=O)(O)OCC[N+](C)(C)C)C(O)/C=C/CC/C=C/CCCCCCCCCCCCCCC. The molecule has 0 bridgehead atoms. The largest absolute Gasteiger partial charge is 0.472 e. The van der Waals surface area contributed by atoms with Crippen molar-refractivity contribution in [1.29, 1.82) is 0 Å². The van der Waals surface area contributed by atoms with Gasteiger partial charge in [0.25, 0.3) is 0 Å². The summed E-state index contributed by atoms with van der Waals surface area (Å²) in [5.41, 5.74) is 0. The lowest BCUT2D eigenvalue weighted by Crippen LogP contribution is -2.45. The maximum atomic E-state index is 12.9. The third kappa shape index (κ3) is 48.1. The number of aliphatic hydroxyl groups excluding tert-OH is 1. The molecule has 0 saturated carbocycles. The smallest absolute Gasteiger partial charge is 0.387 e. The average Bonchev–Trinajstić information content (AvgIpc) is 3.25. The molecule has 0 aromatic rings. The zero-order chi connectivity index (χ0) is 47.1. The minimum atomic E-state index is -4.36. The van der Waals surface area contributed by atoms with E-state index in [4.69, 9.17) is 9.05 Å². The highest BCUT2D eigenvalue weighted by atomic mass is 31.2. The van der Waals surface area contributed by atoms with Crippen molar-refractivity contribution in [2.24, 2.45) is 0 Å². The summed E-state index contributed by atoms with van der Waals surface area (Å²) in [6.07, 6.45) is 61.6. The van der Waals surface area contributed by atoms with E-state index in [1.54, 1.807) is 6.08 Å². The number of unbranched alkanes of at least 4 members (excludes halogenated alkanes) is 27. The number of phosphoric ester groups is 1. The van der Waals surface area contributed by atoms with E-state index in [0.29, 0.717) is 17.4 Å². The maximum Gasteiger partial charge on any atom is 0.472 e. The van der Waals surface area contributed by atoms with Gasteiger partial charge in [0, 0.05) is 6.42 Å². The lowest BCUT2D eigenvalue weighted by Gasteiger charge is -2.25. The van der Waals surface area contributed by atoms with E-state index in [1.165, 1.54) is 154 Å². The number of nitrogens with one attached hydrogen (secondary N) is 1. The number of hydrogen-bond acceptors (Lipinski definition) is 5. The summed E-state index contributed by atoms with van der Waals surface area (Å²) >= 11 is 0. The topological polar surface area (TPSA) is 105 Å². The number of quaternary nitrogens is 1. The van der Waals surface area contributed by atoms with Gasteiger partial charge in [-0.25, -0.2) is 4.57 Å². The zero-order valence-corrected chi connectivity index (χ0v) is 43.4. The van der Waals surface area contributed by atoms with Gasteiger partial charge in [-0.3, -0.25) is 13.8 Å². The molecule has 0 fully saturated rings. The van der Waals surface area contributed by atoms with Crippen molar-refractivity contribution in [3.8, 4) is 0 Å². The first kappa shape index (κ1) is 62.2. The number of likely N-dealkylation sites (N-methyl/N-ethyl adjacent to an activating group) is 1. The van der Waals surface area contributed by atoms with E-state index in [-0.39, 0.29) is 19.1 Å². The lowest BCUT2D eigenvalue weighted by atomic mass is 10.0. The van der Waals surface area contributed by atoms with Crippen LogP contribution in [0.2, 0.25) is 0 Å². The van der Waals surface area contributed by atoms with E-state index in [9.17, 15) is 19.4 Å². The van der Waals surface area contributed by atoms with Crippen LogP contribution in [0.15, 0.2) is 60.8 Å². The molecule has 3 atom stereocenters. The Morgan fingerprint density at radius 1 is 0.531 bits per heavy atom. The van der Waals surface area contributed by atoms with Gasteiger partial charge in [0.2, 0.25) is 5.91 Å². The summed E-state index contributed by atoms with van der Waals surface area (Å²) in [6.45, 7) is 4.79. The second kappa shape index (κ2) is 46.3. The van der Waals surface area contributed by atoms with E-state index in [0.717, 1.165) is 57.8 Å². The number of hydrogen-bond donors (Lipinski definition) is 3. The first-order valence-electron chi connectivity index (χ1n) is 26.7. The molecule has 64 heavy (non-hydrogen) atoms. The molecular weight excluding hydrogens is 816 g/mol. The molecule has 0 aliphatic heterocycles. The average molecular weight is 920 g/mol. The predicted octanol–water partition coefficient (Wildman–Crippen LogP) is 15.8. The zero-order valence-electron chi connectivity index (χ0n) is 42.5. The van der Waals surface area contributed by atoms with E-state index in [2.05, 4.69) is 67.8 Å². The molecule has 3 N–H and O–H groups in total. The van der Waals surface area contributed by atoms with Gasteiger partial charge in [0.1, 0.15) is 13.2 Å². The Bertz CT molecular complexity index is 1230. The summed E-state index contributed by atoms with van der Waals surface area (Å²) in [7, 11) is 1.55. The van der Waals surface area contributed by atoms with Crippen molar-refractivity contribution in [2.75, 3.05) is 40.9 Å². The summed E-state index contributed by atoms with van der Waals surface area (Å²) in [5, 5.41) is 13.9. The highest BCUT2D eigenvalue weighted by Crippen LogP contribution is 2.43. The number of carbonyl (C=O) groups excluding carboxylic acids is 1. The van der Waals surface area contributed by atoms with Crippen LogP contribution in [0.25, 0.3) is 0 Å². The Labute approximate surface area is 396 Å². The predicted molar refractivity (Wildman–Crippen MR) is 277 cm³/mol. The molecule has 0 saturated heterocycles. The van der Waals surface area contributed by atoms with Gasteiger partial charge < -0.3 is 19.8 Å². The van der Waals surface area contributed by atoms with Crippen molar-refractivity contribution < 1.29 is 32.9 Å². The van der Waals surface area contributed by atoms with Crippen molar-refractivity contribution in [3.05, 3.63) is 60.8 Å². The fourth-order valence-corrected chi connectivity index (χ4v) is 8.21. The van der Waals surface area contributed by atoms with Crippen LogP contribution >= 0.6 is 7.82 Å². The molecule has 0 aromatic heterocycles. The van der Waals surface area contributed by atoms with Gasteiger partial charge in [-0.15, -0.1) is 0 Å². The number of amides is 1. The molecule has 0 aliphatic carbocycles. The molecule has 1 amide bonds. The van der Waals surface area contributed by atoms with Gasteiger partial charge in [-0.1, -0.05) is 216 Å². The molecule has 8 nitrogen and oxygen atoms in total. The Morgan fingerprint density at radius 3 is 1.36 bits per heavy atom. The molecule has 0 rings (SSSR count). The normalized spacial score (nSPS) is 14.5. The summed E-state index contributed by atoms with van der Waals surface area (Å²) in [6, 6.07) is -0.870.